The minimum Gasteiger partial charge on any atom is -0.459 e. The van der Waals surface area contributed by atoms with Crippen LogP contribution >= 0.6 is 0 Å². The summed E-state index contributed by atoms with van der Waals surface area (Å²) >= 11 is 0. The topological polar surface area (TPSA) is 150 Å². The molecule has 66 heavy (non-hydrogen) atoms. The van der Waals surface area contributed by atoms with E-state index >= 15 is 0 Å². The Morgan fingerprint density at radius 2 is 0.864 bits per heavy atom. The average molecular weight is 899 g/mol. The Bertz CT molecular complexity index is 2260. The zero-order chi connectivity index (χ0) is 46.5. The van der Waals surface area contributed by atoms with E-state index in [9.17, 15) is 24.0 Å². The minimum absolute atomic E-state index is 0.191. The van der Waals surface area contributed by atoms with Gasteiger partial charge in [-0.05, 0) is 93.3 Å². The van der Waals surface area contributed by atoms with Crippen LogP contribution in [0.25, 0.3) is 0 Å². The van der Waals surface area contributed by atoms with Gasteiger partial charge in [0.15, 0.2) is 24.6 Å². The largest absolute Gasteiger partial charge is 0.459 e. The van der Waals surface area contributed by atoms with E-state index < -0.39 is 67.3 Å². The summed E-state index contributed by atoms with van der Waals surface area (Å²) in [5, 5.41) is 0. The maximum Gasteiger partial charge on any atom is 0.338 e. The van der Waals surface area contributed by atoms with Gasteiger partial charge in [-0.1, -0.05) is 130 Å². The van der Waals surface area contributed by atoms with Crippen molar-refractivity contribution in [3.8, 4) is 0 Å². The second-order valence-corrected chi connectivity index (χ2v) is 16.2. The molecular formula is C54H58O12. The SMILES string of the molecule is CCCCC[C@@H](CCCCC[C@@H](C)OC(=O)c1ccccc1)O[C@@H]1O[C@H](COC(=O)c2ccccc2)[C@@H](OC(=O)c2ccccc2)[C@H](OC(=O)c2ccccc2)[C@H]1OC(=O)c1ccccc1. The number of unbranched alkanes of at least 4 members (excludes halogenated alkanes) is 4. The number of hydrogen-bond acceptors (Lipinski definition) is 12. The van der Waals surface area contributed by atoms with E-state index in [0.717, 1.165) is 38.5 Å². The van der Waals surface area contributed by atoms with E-state index in [1.54, 1.807) is 146 Å². The number of carbonyl (C=O) groups is 5. The average Bonchev–Trinajstić information content (AvgIpc) is 3.36. The monoisotopic (exact) mass is 898 g/mol. The Morgan fingerprint density at radius 3 is 1.33 bits per heavy atom. The van der Waals surface area contributed by atoms with Crippen molar-refractivity contribution in [3.63, 3.8) is 0 Å². The van der Waals surface area contributed by atoms with Gasteiger partial charge in [0.25, 0.3) is 0 Å². The molecule has 0 aromatic heterocycles. The van der Waals surface area contributed by atoms with Gasteiger partial charge < -0.3 is 33.2 Å². The van der Waals surface area contributed by atoms with Crippen molar-refractivity contribution in [2.24, 2.45) is 0 Å². The Hall–Kier alpha value is -6.63. The lowest BCUT2D eigenvalue weighted by Crippen LogP contribution is -2.63. The standard InChI is InChI=1S/C54H58O12/c1-3-4-11-35-44(36-23-5-12-24-38(2)61-50(56)40-27-15-7-16-28-40)62-54-48(66-53(59)43-33-21-10-22-34-43)47(65-52(58)42-31-19-9-20-32-42)46(64-51(57)41-29-17-8-18-30-41)45(63-54)37-60-49(55)39-25-13-6-14-26-39/h6-10,13-22,25-34,38,44-48,54H,3-5,11-12,23-24,35-37H2,1-2H3/t38-,44+,45-,46-,47+,48-,54-/m1/s1. The summed E-state index contributed by atoms with van der Waals surface area (Å²) in [6.07, 6.45) is -0.849. The van der Waals surface area contributed by atoms with Crippen molar-refractivity contribution >= 4 is 29.8 Å². The molecule has 7 atom stereocenters. The lowest BCUT2D eigenvalue weighted by molar-refractivity contribution is -0.309. The lowest BCUT2D eigenvalue weighted by atomic mass is 9.97. The first-order valence-electron chi connectivity index (χ1n) is 22.8. The predicted octanol–water partition coefficient (Wildman–Crippen LogP) is 10.4. The minimum atomic E-state index is -1.52. The number of rotatable bonds is 23. The van der Waals surface area contributed by atoms with Gasteiger partial charge in [-0.15, -0.1) is 0 Å². The van der Waals surface area contributed by atoms with Crippen LogP contribution < -0.4 is 0 Å². The second-order valence-electron chi connectivity index (χ2n) is 16.2. The van der Waals surface area contributed by atoms with Crippen LogP contribution in [0.15, 0.2) is 152 Å². The van der Waals surface area contributed by atoms with E-state index in [1.165, 1.54) is 0 Å². The highest BCUT2D eigenvalue weighted by Gasteiger charge is 2.54. The van der Waals surface area contributed by atoms with Crippen LogP contribution in [0, 0.1) is 0 Å². The third-order valence-corrected chi connectivity index (χ3v) is 11.1. The van der Waals surface area contributed by atoms with E-state index in [4.69, 9.17) is 33.2 Å². The first kappa shape index (κ1) is 48.8. The van der Waals surface area contributed by atoms with Crippen LogP contribution in [0.5, 0.6) is 0 Å². The quantitative estimate of drug-likeness (QED) is 0.0349. The van der Waals surface area contributed by atoms with Gasteiger partial charge in [0.1, 0.15) is 12.7 Å². The molecule has 1 saturated heterocycles. The van der Waals surface area contributed by atoms with Crippen molar-refractivity contribution in [1.29, 1.82) is 0 Å². The van der Waals surface area contributed by atoms with Crippen LogP contribution in [0.4, 0.5) is 0 Å². The summed E-state index contributed by atoms with van der Waals surface area (Å²) in [6.45, 7) is 3.54. The van der Waals surface area contributed by atoms with Crippen molar-refractivity contribution in [3.05, 3.63) is 179 Å². The fourth-order valence-corrected chi connectivity index (χ4v) is 7.59. The van der Waals surface area contributed by atoms with E-state index in [0.29, 0.717) is 24.8 Å². The third kappa shape index (κ3) is 14.7. The summed E-state index contributed by atoms with van der Waals surface area (Å²) in [5.41, 5.74) is 1.38. The van der Waals surface area contributed by atoms with Gasteiger partial charge in [0.2, 0.25) is 0 Å². The van der Waals surface area contributed by atoms with E-state index in [2.05, 4.69) is 6.92 Å². The third-order valence-electron chi connectivity index (χ3n) is 11.1. The number of benzene rings is 5. The maximum absolute atomic E-state index is 14.1. The number of ether oxygens (including phenoxy) is 7. The summed E-state index contributed by atoms with van der Waals surface area (Å²) < 4.78 is 43.7. The zero-order valence-corrected chi connectivity index (χ0v) is 37.4. The van der Waals surface area contributed by atoms with Gasteiger partial charge in [0, 0.05) is 0 Å². The van der Waals surface area contributed by atoms with Crippen molar-refractivity contribution < 1.29 is 57.1 Å². The Balaban J connectivity index is 1.29. The van der Waals surface area contributed by atoms with Crippen LogP contribution in [0.1, 0.15) is 123 Å². The number of carbonyl (C=O) groups excluding carboxylic acids is 5. The Morgan fingerprint density at radius 1 is 0.470 bits per heavy atom. The summed E-state index contributed by atoms with van der Waals surface area (Å²) in [7, 11) is 0. The molecule has 346 valence electrons. The van der Waals surface area contributed by atoms with Crippen LogP contribution in [0.3, 0.4) is 0 Å². The highest BCUT2D eigenvalue weighted by molar-refractivity contribution is 5.92. The number of hydrogen-bond donors (Lipinski definition) is 0. The van der Waals surface area contributed by atoms with Crippen molar-refractivity contribution in [2.75, 3.05) is 6.61 Å². The molecular weight excluding hydrogens is 841 g/mol. The molecule has 1 aliphatic heterocycles. The lowest BCUT2D eigenvalue weighted by Gasteiger charge is -2.45. The molecule has 0 aliphatic carbocycles. The van der Waals surface area contributed by atoms with Crippen LogP contribution in [-0.2, 0) is 33.2 Å². The van der Waals surface area contributed by atoms with Gasteiger partial charge in [-0.3, -0.25) is 0 Å². The highest BCUT2D eigenvalue weighted by Crippen LogP contribution is 2.33. The van der Waals surface area contributed by atoms with Crippen LogP contribution in [0.2, 0.25) is 0 Å². The molecule has 0 bridgehead atoms. The van der Waals surface area contributed by atoms with Crippen LogP contribution in [-0.4, -0.2) is 79.4 Å². The molecule has 6 rings (SSSR count). The summed E-state index contributed by atoms with van der Waals surface area (Å²) in [6, 6.07) is 42.1. The molecule has 1 heterocycles. The smallest absolute Gasteiger partial charge is 0.338 e. The van der Waals surface area contributed by atoms with Gasteiger partial charge >= 0.3 is 29.8 Å². The molecule has 0 unspecified atom stereocenters. The van der Waals surface area contributed by atoms with Crippen molar-refractivity contribution in [2.45, 2.75) is 115 Å². The predicted molar refractivity (Wildman–Crippen MR) is 246 cm³/mol. The normalized spacial score (nSPS) is 18.8. The molecule has 5 aromatic rings. The molecule has 5 aromatic carbocycles. The molecule has 12 nitrogen and oxygen atoms in total. The molecule has 1 fully saturated rings. The summed E-state index contributed by atoms with van der Waals surface area (Å²) in [4.78, 5) is 68.0. The fourth-order valence-electron chi connectivity index (χ4n) is 7.59. The molecule has 1 aliphatic rings. The fraction of sp³-hybridized carbons (Fsp3) is 0.352. The van der Waals surface area contributed by atoms with Gasteiger partial charge in [-0.2, -0.15) is 0 Å². The second kappa shape index (κ2) is 25.8. The first-order valence-corrected chi connectivity index (χ1v) is 22.8. The summed E-state index contributed by atoms with van der Waals surface area (Å²) in [5.74, 6) is -3.35. The molecule has 0 radical (unpaired) electrons. The van der Waals surface area contributed by atoms with E-state index in [-0.39, 0.29) is 34.3 Å². The highest BCUT2D eigenvalue weighted by atomic mass is 16.7. The van der Waals surface area contributed by atoms with Gasteiger partial charge in [0.05, 0.1) is 40.0 Å². The van der Waals surface area contributed by atoms with Gasteiger partial charge in [-0.25, -0.2) is 24.0 Å². The zero-order valence-electron chi connectivity index (χ0n) is 37.4. The number of esters is 5. The molecule has 12 heteroatoms. The first-order chi connectivity index (χ1) is 32.2. The van der Waals surface area contributed by atoms with E-state index in [1.807, 2.05) is 13.0 Å². The Labute approximate surface area is 386 Å². The molecule has 0 saturated carbocycles. The van der Waals surface area contributed by atoms with Crippen molar-refractivity contribution in [1.82, 2.24) is 0 Å². The maximum atomic E-state index is 14.1. The molecule has 0 N–H and O–H groups in total. The Kier molecular flexibility index (Phi) is 19.0. The molecule has 0 amide bonds. The molecule has 0 spiro atoms.